The summed E-state index contributed by atoms with van der Waals surface area (Å²) in [5, 5.41) is 29.3. The molecule has 0 aromatic heterocycles. The molecule has 1 aliphatic carbocycles. The number of aliphatic hydroxyl groups is 2. The third-order valence-corrected chi connectivity index (χ3v) is 2.47. The van der Waals surface area contributed by atoms with Gasteiger partial charge in [-0.3, -0.25) is 0 Å². The third-order valence-electron chi connectivity index (χ3n) is 1.75. The first kappa shape index (κ1) is 9.92. The van der Waals surface area contributed by atoms with Gasteiger partial charge in [-0.1, -0.05) is 23.2 Å². The van der Waals surface area contributed by atoms with Crippen LogP contribution in [0.2, 0.25) is 0 Å². The largest absolute Gasteiger partial charge is 0.370 e. The molecule has 0 saturated heterocycles. The zero-order valence-electron chi connectivity index (χ0n) is 6.06. The smallest absolute Gasteiger partial charge is 0.182 e. The lowest BCUT2D eigenvalue weighted by molar-refractivity contribution is 0.152. The molecule has 0 bridgehead atoms. The zero-order valence-corrected chi connectivity index (χ0v) is 7.58. The molecule has 0 heterocycles. The maximum atomic E-state index is 9.28. The van der Waals surface area contributed by atoms with Gasteiger partial charge in [0.1, 0.15) is 0 Å². The Morgan fingerprint density at radius 1 is 1.00 bits per heavy atom. The van der Waals surface area contributed by atoms with Crippen molar-refractivity contribution in [2.75, 3.05) is 0 Å². The summed E-state index contributed by atoms with van der Waals surface area (Å²) in [6, 6.07) is 0. The van der Waals surface area contributed by atoms with Crippen LogP contribution in [0.15, 0.2) is 0 Å². The van der Waals surface area contributed by atoms with Crippen LogP contribution in [0.5, 0.6) is 0 Å². The summed E-state index contributed by atoms with van der Waals surface area (Å²) in [5.41, 5.74) is -0.532. The molecule has 1 fully saturated rings. The van der Waals surface area contributed by atoms with Crippen molar-refractivity contribution in [2.24, 2.45) is 0 Å². The minimum absolute atomic E-state index is 0.266. The molecular formula is C6H8Cl2N2O2. The molecule has 2 atom stereocenters. The van der Waals surface area contributed by atoms with E-state index in [1.165, 1.54) is 0 Å². The Labute approximate surface area is 79.1 Å². The van der Waals surface area contributed by atoms with Crippen LogP contribution in [0.1, 0.15) is 12.8 Å². The van der Waals surface area contributed by atoms with Crippen molar-refractivity contribution in [3.8, 4) is 0 Å². The van der Waals surface area contributed by atoms with Crippen LogP contribution >= 0.6 is 23.2 Å². The van der Waals surface area contributed by atoms with Gasteiger partial charge in [-0.05, 0) is 0 Å². The molecule has 0 aromatic carbocycles. The van der Waals surface area contributed by atoms with E-state index < -0.39 is 10.1 Å². The van der Waals surface area contributed by atoms with Crippen molar-refractivity contribution < 1.29 is 10.2 Å². The number of halogens is 2. The standard InChI is InChI=1S/C6H8Cl2N2O2/c7-5(11)1-3(9)6(8,12)2-4(5)10/h9-12H,1-2H2. The van der Waals surface area contributed by atoms with Gasteiger partial charge < -0.3 is 21.0 Å². The van der Waals surface area contributed by atoms with Crippen molar-refractivity contribution in [1.82, 2.24) is 0 Å². The summed E-state index contributed by atoms with van der Waals surface area (Å²) >= 11 is 10.9. The van der Waals surface area contributed by atoms with Gasteiger partial charge in [0, 0.05) is 12.8 Å². The Bertz CT molecular complexity index is 224. The zero-order chi connectivity index (χ0) is 9.57. The molecule has 0 amide bonds. The minimum Gasteiger partial charge on any atom is -0.370 e. The Morgan fingerprint density at radius 2 is 1.25 bits per heavy atom. The van der Waals surface area contributed by atoms with Crippen molar-refractivity contribution >= 4 is 34.6 Å². The van der Waals surface area contributed by atoms with E-state index in [0.717, 1.165) is 0 Å². The topological polar surface area (TPSA) is 88.2 Å². The number of alkyl halides is 2. The molecule has 4 N–H and O–H groups in total. The highest BCUT2D eigenvalue weighted by molar-refractivity contribution is 6.43. The lowest BCUT2D eigenvalue weighted by Gasteiger charge is -2.34. The number of hydrogen-bond donors (Lipinski definition) is 4. The van der Waals surface area contributed by atoms with E-state index in [-0.39, 0.29) is 24.3 Å². The molecule has 2 unspecified atom stereocenters. The Kier molecular flexibility index (Phi) is 2.21. The number of hydrogen-bond acceptors (Lipinski definition) is 4. The van der Waals surface area contributed by atoms with E-state index in [4.69, 9.17) is 34.0 Å². The Balaban J connectivity index is 2.91. The molecule has 1 rings (SSSR count). The lowest BCUT2D eigenvalue weighted by atomic mass is 9.90. The van der Waals surface area contributed by atoms with Gasteiger partial charge in [0.25, 0.3) is 0 Å². The Morgan fingerprint density at radius 3 is 1.50 bits per heavy atom. The van der Waals surface area contributed by atoms with Gasteiger partial charge in [0.15, 0.2) is 10.1 Å². The van der Waals surface area contributed by atoms with E-state index in [2.05, 4.69) is 0 Å². The highest BCUT2D eigenvalue weighted by atomic mass is 35.5. The summed E-state index contributed by atoms with van der Waals surface area (Å²) in [7, 11) is 0. The van der Waals surface area contributed by atoms with Crippen LogP contribution < -0.4 is 0 Å². The molecule has 0 aromatic rings. The third kappa shape index (κ3) is 1.61. The van der Waals surface area contributed by atoms with Gasteiger partial charge in [0.2, 0.25) is 0 Å². The van der Waals surface area contributed by atoms with Gasteiger partial charge in [-0.25, -0.2) is 0 Å². The van der Waals surface area contributed by atoms with Gasteiger partial charge in [-0.2, -0.15) is 0 Å². The molecule has 12 heavy (non-hydrogen) atoms. The molecule has 1 aliphatic rings. The van der Waals surface area contributed by atoms with E-state index in [1.807, 2.05) is 0 Å². The first-order valence-electron chi connectivity index (χ1n) is 3.24. The predicted octanol–water partition coefficient (Wildman–Crippen LogP) is 0.675. The van der Waals surface area contributed by atoms with Crippen LogP contribution in [0.25, 0.3) is 0 Å². The first-order chi connectivity index (χ1) is 5.26. The monoisotopic (exact) mass is 210 g/mol. The van der Waals surface area contributed by atoms with Crippen molar-refractivity contribution in [3.63, 3.8) is 0 Å². The summed E-state index contributed by atoms with van der Waals surface area (Å²) < 4.78 is 0. The second kappa shape index (κ2) is 2.67. The predicted molar refractivity (Wildman–Crippen MR) is 46.3 cm³/mol. The second-order valence-corrected chi connectivity index (χ2v) is 4.08. The summed E-state index contributed by atoms with van der Waals surface area (Å²) in [4.78, 5) is 0. The van der Waals surface area contributed by atoms with E-state index in [9.17, 15) is 10.2 Å². The average Bonchev–Trinajstić information content (AvgIpc) is 1.82. The fourth-order valence-corrected chi connectivity index (χ4v) is 1.35. The molecule has 0 radical (unpaired) electrons. The molecule has 68 valence electrons. The molecular weight excluding hydrogens is 203 g/mol. The van der Waals surface area contributed by atoms with Crippen LogP contribution in [-0.4, -0.2) is 31.8 Å². The van der Waals surface area contributed by atoms with E-state index in [1.54, 1.807) is 0 Å². The number of nitrogens with one attached hydrogen (secondary N) is 2. The first-order valence-corrected chi connectivity index (χ1v) is 4.00. The molecule has 1 saturated carbocycles. The molecule has 0 aliphatic heterocycles. The van der Waals surface area contributed by atoms with Crippen LogP contribution in [-0.2, 0) is 0 Å². The van der Waals surface area contributed by atoms with Crippen molar-refractivity contribution in [3.05, 3.63) is 0 Å². The minimum atomic E-state index is -1.85. The fraction of sp³-hybridized carbons (Fsp3) is 0.667. The summed E-state index contributed by atoms with van der Waals surface area (Å²) in [6.45, 7) is 0. The van der Waals surface area contributed by atoms with Crippen LogP contribution in [0.4, 0.5) is 0 Å². The van der Waals surface area contributed by atoms with Gasteiger partial charge >= 0.3 is 0 Å². The summed E-state index contributed by atoms with van der Waals surface area (Å²) in [5.74, 6) is 0. The number of rotatable bonds is 0. The van der Waals surface area contributed by atoms with Crippen molar-refractivity contribution in [2.45, 2.75) is 23.0 Å². The average molecular weight is 211 g/mol. The quantitative estimate of drug-likeness (QED) is 0.444. The lowest BCUT2D eigenvalue weighted by Crippen LogP contribution is -2.50. The molecule has 4 nitrogen and oxygen atoms in total. The van der Waals surface area contributed by atoms with Crippen LogP contribution in [0.3, 0.4) is 0 Å². The molecule has 6 heteroatoms. The Hall–Kier alpha value is -0.160. The SMILES string of the molecule is N=C1CC(O)(Cl)C(=N)CC1(O)Cl. The van der Waals surface area contributed by atoms with Gasteiger partial charge in [0.05, 0.1) is 11.4 Å². The fourth-order valence-electron chi connectivity index (χ4n) is 0.953. The van der Waals surface area contributed by atoms with E-state index >= 15 is 0 Å². The highest BCUT2D eigenvalue weighted by Gasteiger charge is 2.46. The van der Waals surface area contributed by atoms with E-state index in [0.29, 0.717) is 0 Å². The normalized spacial score (nSPS) is 43.3. The second-order valence-electron chi connectivity index (χ2n) is 2.83. The van der Waals surface area contributed by atoms with Crippen molar-refractivity contribution in [1.29, 1.82) is 10.8 Å². The van der Waals surface area contributed by atoms with Crippen LogP contribution in [0, 0.1) is 10.8 Å². The molecule has 0 spiro atoms. The maximum absolute atomic E-state index is 9.28. The maximum Gasteiger partial charge on any atom is 0.182 e. The summed E-state index contributed by atoms with van der Waals surface area (Å²) in [6.07, 6.45) is -0.624. The highest BCUT2D eigenvalue weighted by Crippen LogP contribution is 2.34. The van der Waals surface area contributed by atoms with Gasteiger partial charge in [-0.15, -0.1) is 0 Å².